The Morgan fingerprint density at radius 3 is 2.86 bits per heavy atom. The topological polar surface area (TPSA) is 81.1 Å². The van der Waals surface area contributed by atoms with Crippen molar-refractivity contribution < 1.29 is 9.18 Å². The molecular weight excluding hydrogens is 289 g/mol. The first kappa shape index (κ1) is 14.3. The second-order valence-electron chi connectivity index (χ2n) is 5.51. The molecule has 2 aromatic rings. The van der Waals surface area contributed by atoms with E-state index in [1.54, 1.807) is 6.07 Å². The summed E-state index contributed by atoms with van der Waals surface area (Å²) in [5.74, 6) is -0.565. The maximum Gasteiger partial charge on any atom is 0.263 e. The smallest absolute Gasteiger partial charge is 0.263 e. The van der Waals surface area contributed by atoms with Crippen LogP contribution < -0.4 is 16.8 Å². The van der Waals surface area contributed by atoms with Crippen LogP contribution in [-0.4, -0.2) is 18.0 Å². The normalized spacial score (nSPS) is 22.4. The number of nitrogens with one attached hydrogen (secondary N) is 1. The standard InChI is InChI=1S/C15H18FN3OS/c16-8-5-6-12-9(7-8)13(18)14(21-12)15(20)19-11-4-2-1-3-10(11)17/h5-7,10-11H,1-4,17-18H2,(H,19,20). The van der Waals surface area contributed by atoms with Crippen LogP contribution in [0.2, 0.25) is 0 Å². The molecule has 1 amide bonds. The van der Waals surface area contributed by atoms with Gasteiger partial charge in [0, 0.05) is 22.2 Å². The van der Waals surface area contributed by atoms with Gasteiger partial charge in [0.15, 0.2) is 0 Å². The van der Waals surface area contributed by atoms with Gasteiger partial charge in [0.05, 0.1) is 5.69 Å². The molecule has 0 spiro atoms. The Kier molecular flexibility index (Phi) is 3.82. The minimum absolute atomic E-state index is 0.00394. The molecule has 112 valence electrons. The summed E-state index contributed by atoms with van der Waals surface area (Å²) >= 11 is 1.29. The van der Waals surface area contributed by atoms with E-state index in [-0.39, 0.29) is 23.8 Å². The first-order valence-electron chi connectivity index (χ1n) is 7.10. The van der Waals surface area contributed by atoms with Gasteiger partial charge in [-0.05, 0) is 31.0 Å². The van der Waals surface area contributed by atoms with Crippen molar-refractivity contribution in [2.24, 2.45) is 5.73 Å². The number of fused-ring (bicyclic) bond motifs is 1. The molecule has 1 aliphatic rings. The van der Waals surface area contributed by atoms with Gasteiger partial charge in [0.2, 0.25) is 0 Å². The molecule has 0 saturated heterocycles. The molecule has 1 heterocycles. The number of anilines is 1. The van der Waals surface area contributed by atoms with Crippen LogP contribution in [0.3, 0.4) is 0 Å². The van der Waals surface area contributed by atoms with E-state index in [0.29, 0.717) is 16.0 Å². The molecular formula is C15H18FN3OS. The second kappa shape index (κ2) is 5.61. The summed E-state index contributed by atoms with van der Waals surface area (Å²) < 4.78 is 14.1. The molecule has 3 rings (SSSR count). The first-order chi connectivity index (χ1) is 10.1. The zero-order valence-corrected chi connectivity index (χ0v) is 12.4. The van der Waals surface area contributed by atoms with Gasteiger partial charge in [-0.3, -0.25) is 4.79 Å². The first-order valence-corrected chi connectivity index (χ1v) is 7.92. The van der Waals surface area contributed by atoms with E-state index in [1.807, 2.05) is 0 Å². The van der Waals surface area contributed by atoms with Crippen LogP contribution in [0.15, 0.2) is 18.2 Å². The third-order valence-electron chi connectivity index (χ3n) is 4.03. The molecule has 1 aromatic heterocycles. The Morgan fingerprint density at radius 2 is 2.10 bits per heavy atom. The molecule has 2 atom stereocenters. The summed E-state index contributed by atoms with van der Waals surface area (Å²) in [6.07, 6.45) is 4.01. The molecule has 0 bridgehead atoms. The van der Waals surface area contributed by atoms with Crippen LogP contribution in [0.5, 0.6) is 0 Å². The Morgan fingerprint density at radius 1 is 1.33 bits per heavy atom. The lowest BCUT2D eigenvalue weighted by Crippen LogP contribution is -2.49. The zero-order valence-electron chi connectivity index (χ0n) is 11.6. The van der Waals surface area contributed by atoms with E-state index < -0.39 is 0 Å². The van der Waals surface area contributed by atoms with Crippen molar-refractivity contribution in [3.8, 4) is 0 Å². The number of amides is 1. The molecule has 21 heavy (non-hydrogen) atoms. The molecule has 1 aliphatic carbocycles. The Bertz CT molecular complexity index is 685. The fourth-order valence-electron chi connectivity index (χ4n) is 2.83. The number of carbonyl (C=O) groups excluding carboxylic acids is 1. The number of halogens is 1. The lowest BCUT2D eigenvalue weighted by molar-refractivity contribution is 0.0926. The molecule has 0 aliphatic heterocycles. The third kappa shape index (κ3) is 2.73. The quantitative estimate of drug-likeness (QED) is 0.797. The summed E-state index contributed by atoms with van der Waals surface area (Å²) in [5.41, 5.74) is 12.4. The average Bonchev–Trinajstić information content (AvgIpc) is 2.79. The van der Waals surface area contributed by atoms with Crippen molar-refractivity contribution in [1.82, 2.24) is 5.32 Å². The van der Waals surface area contributed by atoms with Gasteiger partial charge in [0.25, 0.3) is 5.91 Å². The summed E-state index contributed by atoms with van der Waals surface area (Å²) in [6.45, 7) is 0. The van der Waals surface area contributed by atoms with E-state index in [1.165, 1.54) is 23.5 Å². The van der Waals surface area contributed by atoms with Crippen molar-refractivity contribution in [1.29, 1.82) is 0 Å². The number of benzene rings is 1. The highest BCUT2D eigenvalue weighted by atomic mass is 32.1. The fourth-order valence-corrected chi connectivity index (χ4v) is 3.84. The van der Waals surface area contributed by atoms with Gasteiger partial charge < -0.3 is 16.8 Å². The monoisotopic (exact) mass is 307 g/mol. The highest BCUT2D eigenvalue weighted by molar-refractivity contribution is 7.21. The van der Waals surface area contributed by atoms with Crippen LogP contribution in [0, 0.1) is 5.82 Å². The van der Waals surface area contributed by atoms with Crippen molar-refractivity contribution in [3.63, 3.8) is 0 Å². The highest BCUT2D eigenvalue weighted by Crippen LogP contribution is 2.34. The Labute approximate surface area is 126 Å². The number of nitrogens with two attached hydrogens (primary N) is 2. The number of nitrogen functional groups attached to an aromatic ring is 1. The van der Waals surface area contributed by atoms with E-state index in [2.05, 4.69) is 5.32 Å². The lowest BCUT2D eigenvalue weighted by Gasteiger charge is -2.29. The molecule has 4 nitrogen and oxygen atoms in total. The second-order valence-corrected chi connectivity index (χ2v) is 6.57. The number of carbonyl (C=O) groups is 1. The molecule has 1 fully saturated rings. The van der Waals surface area contributed by atoms with Crippen LogP contribution in [0.4, 0.5) is 10.1 Å². The van der Waals surface area contributed by atoms with Gasteiger partial charge in [0.1, 0.15) is 10.7 Å². The van der Waals surface area contributed by atoms with Gasteiger partial charge in [-0.15, -0.1) is 11.3 Å². The summed E-state index contributed by atoms with van der Waals surface area (Å²) in [6, 6.07) is 4.37. The maximum atomic E-state index is 13.3. The maximum absolute atomic E-state index is 13.3. The van der Waals surface area contributed by atoms with Crippen molar-refractivity contribution in [3.05, 3.63) is 28.9 Å². The van der Waals surface area contributed by atoms with Crippen molar-refractivity contribution in [2.75, 3.05) is 5.73 Å². The average molecular weight is 307 g/mol. The van der Waals surface area contributed by atoms with E-state index in [9.17, 15) is 9.18 Å². The van der Waals surface area contributed by atoms with Crippen molar-refractivity contribution >= 4 is 33.0 Å². The minimum Gasteiger partial charge on any atom is -0.397 e. The van der Waals surface area contributed by atoms with Crippen molar-refractivity contribution in [2.45, 2.75) is 37.8 Å². The molecule has 1 saturated carbocycles. The van der Waals surface area contributed by atoms with Crippen LogP contribution >= 0.6 is 11.3 Å². The van der Waals surface area contributed by atoms with Gasteiger partial charge in [-0.25, -0.2) is 4.39 Å². The summed E-state index contributed by atoms with van der Waals surface area (Å²) in [7, 11) is 0. The SMILES string of the molecule is Nc1c(C(=O)NC2CCCCC2N)sc2ccc(F)cc12. The summed E-state index contributed by atoms with van der Waals surface area (Å²) in [5, 5.41) is 3.57. The number of rotatable bonds is 2. The molecule has 5 N–H and O–H groups in total. The number of hydrogen-bond donors (Lipinski definition) is 3. The minimum atomic E-state index is -0.353. The van der Waals surface area contributed by atoms with Crippen LogP contribution in [-0.2, 0) is 0 Å². The largest absolute Gasteiger partial charge is 0.397 e. The fraction of sp³-hybridized carbons (Fsp3) is 0.400. The molecule has 2 unspecified atom stereocenters. The Balaban J connectivity index is 1.86. The van der Waals surface area contributed by atoms with E-state index >= 15 is 0 Å². The van der Waals surface area contributed by atoms with E-state index in [0.717, 1.165) is 30.4 Å². The predicted octanol–water partition coefficient (Wildman–Crippen LogP) is 2.62. The highest BCUT2D eigenvalue weighted by Gasteiger charge is 2.25. The van der Waals surface area contributed by atoms with E-state index in [4.69, 9.17) is 11.5 Å². The Hall–Kier alpha value is -1.66. The van der Waals surface area contributed by atoms with Crippen LogP contribution in [0.1, 0.15) is 35.4 Å². The predicted molar refractivity (Wildman–Crippen MR) is 83.9 cm³/mol. The number of thiophene rings is 1. The van der Waals surface area contributed by atoms with Crippen LogP contribution in [0.25, 0.3) is 10.1 Å². The lowest BCUT2D eigenvalue weighted by atomic mass is 9.91. The van der Waals surface area contributed by atoms with Gasteiger partial charge in [-0.2, -0.15) is 0 Å². The van der Waals surface area contributed by atoms with Gasteiger partial charge in [-0.1, -0.05) is 12.8 Å². The molecule has 0 radical (unpaired) electrons. The summed E-state index contributed by atoms with van der Waals surface area (Å²) in [4.78, 5) is 12.8. The van der Waals surface area contributed by atoms with Gasteiger partial charge >= 0.3 is 0 Å². The molecule has 1 aromatic carbocycles. The zero-order chi connectivity index (χ0) is 15.0. The number of hydrogen-bond acceptors (Lipinski definition) is 4. The third-order valence-corrected chi connectivity index (χ3v) is 5.22. The molecule has 6 heteroatoms.